The number of thiocarbonyl (C=S) groups is 1. The zero-order valence-electron chi connectivity index (χ0n) is 14.1. The fraction of sp³-hybridized carbons (Fsp3) is 0.100. The Bertz CT molecular complexity index is 920. The van der Waals surface area contributed by atoms with E-state index in [0.29, 0.717) is 5.11 Å². The number of fused-ring (bicyclic) bond motifs is 1. The van der Waals surface area contributed by atoms with Crippen molar-refractivity contribution >= 4 is 40.0 Å². The Morgan fingerprint density at radius 2 is 1.72 bits per heavy atom. The quantitative estimate of drug-likeness (QED) is 0.414. The van der Waals surface area contributed by atoms with Gasteiger partial charge in [0.25, 0.3) is 0 Å². The second-order valence-corrected chi connectivity index (χ2v) is 6.00. The lowest BCUT2D eigenvalue weighted by Gasteiger charge is -2.08. The molecule has 126 valence electrons. The monoisotopic (exact) mass is 349 g/mol. The number of ether oxygens (including phenoxy) is 1. The Morgan fingerprint density at radius 1 is 1.00 bits per heavy atom. The standard InChI is InChI=1S/C20H19N3OS/c1-14-7-10-16(11-8-14)22-20(25)23-21-13-15-9-12-19(24-2)18-6-4-3-5-17(15)18/h3-13H,1-2H3,(H2,22,23,25). The van der Waals surface area contributed by atoms with Crippen LogP contribution < -0.4 is 15.5 Å². The SMILES string of the molecule is COc1ccc(C=NNC(=S)Nc2ccc(C)cc2)c2ccccc12. The number of benzene rings is 3. The summed E-state index contributed by atoms with van der Waals surface area (Å²) in [7, 11) is 1.67. The van der Waals surface area contributed by atoms with Gasteiger partial charge in [-0.3, -0.25) is 5.43 Å². The number of anilines is 1. The first-order valence-corrected chi connectivity index (χ1v) is 8.30. The van der Waals surface area contributed by atoms with Crippen molar-refractivity contribution in [3.05, 3.63) is 71.8 Å². The zero-order chi connectivity index (χ0) is 17.6. The Labute approximate surface area is 152 Å². The van der Waals surface area contributed by atoms with Gasteiger partial charge in [-0.15, -0.1) is 0 Å². The van der Waals surface area contributed by atoms with Gasteiger partial charge in [-0.1, -0.05) is 42.0 Å². The highest BCUT2D eigenvalue weighted by Gasteiger charge is 2.04. The summed E-state index contributed by atoms with van der Waals surface area (Å²) >= 11 is 5.26. The fourth-order valence-electron chi connectivity index (χ4n) is 2.54. The number of methoxy groups -OCH3 is 1. The lowest BCUT2D eigenvalue weighted by atomic mass is 10.0. The highest BCUT2D eigenvalue weighted by molar-refractivity contribution is 7.80. The molecule has 0 saturated heterocycles. The van der Waals surface area contributed by atoms with Crippen LogP contribution in [0.2, 0.25) is 0 Å². The van der Waals surface area contributed by atoms with Gasteiger partial charge < -0.3 is 10.1 Å². The molecule has 0 unspecified atom stereocenters. The lowest BCUT2D eigenvalue weighted by Crippen LogP contribution is -2.23. The van der Waals surface area contributed by atoms with Gasteiger partial charge in [-0.2, -0.15) is 5.10 Å². The molecule has 0 radical (unpaired) electrons. The van der Waals surface area contributed by atoms with E-state index in [2.05, 4.69) is 15.8 Å². The van der Waals surface area contributed by atoms with Gasteiger partial charge in [-0.25, -0.2) is 0 Å². The fourth-order valence-corrected chi connectivity index (χ4v) is 2.71. The van der Waals surface area contributed by atoms with Crippen molar-refractivity contribution in [3.8, 4) is 5.75 Å². The zero-order valence-corrected chi connectivity index (χ0v) is 14.9. The van der Waals surface area contributed by atoms with E-state index in [1.165, 1.54) is 5.56 Å². The van der Waals surface area contributed by atoms with Crippen molar-refractivity contribution in [2.75, 3.05) is 12.4 Å². The van der Waals surface area contributed by atoms with E-state index in [1.54, 1.807) is 13.3 Å². The molecule has 0 saturated carbocycles. The Kier molecular flexibility index (Phi) is 5.26. The molecule has 0 aliphatic carbocycles. The second kappa shape index (κ2) is 7.77. The average Bonchev–Trinajstić information content (AvgIpc) is 2.64. The normalized spacial score (nSPS) is 10.8. The third-order valence-corrected chi connectivity index (χ3v) is 4.01. The van der Waals surface area contributed by atoms with E-state index in [9.17, 15) is 0 Å². The topological polar surface area (TPSA) is 45.6 Å². The maximum absolute atomic E-state index is 5.41. The molecule has 0 heterocycles. The maximum Gasteiger partial charge on any atom is 0.191 e. The van der Waals surface area contributed by atoms with Gasteiger partial charge in [0.15, 0.2) is 5.11 Å². The highest BCUT2D eigenvalue weighted by Crippen LogP contribution is 2.27. The predicted octanol–water partition coefficient (Wildman–Crippen LogP) is 4.48. The first-order chi connectivity index (χ1) is 12.2. The lowest BCUT2D eigenvalue weighted by molar-refractivity contribution is 0.420. The Balaban J connectivity index is 1.71. The number of aryl methyl sites for hydroxylation is 1. The predicted molar refractivity (Wildman–Crippen MR) is 109 cm³/mol. The third-order valence-electron chi connectivity index (χ3n) is 3.82. The molecule has 0 aromatic heterocycles. The summed E-state index contributed by atoms with van der Waals surface area (Å²) in [5.41, 5.74) is 5.96. The molecule has 0 fully saturated rings. The summed E-state index contributed by atoms with van der Waals surface area (Å²) in [5, 5.41) is 9.91. The van der Waals surface area contributed by atoms with Crippen LogP contribution in [-0.4, -0.2) is 18.4 Å². The number of hydrazone groups is 1. The van der Waals surface area contributed by atoms with Gasteiger partial charge in [-0.05, 0) is 48.8 Å². The minimum absolute atomic E-state index is 0.443. The molecule has 0 aliphatic heterocycles. The van der Waals surface area contributed by atoms with Crippen molar-refractivity contribution in [2.45, 2.75) is 6.92 Å². The van der Waals surface area contributed by atoms with Crippen LogP contribution in [0.4, 0.5) is 5.69 Å². The van der Waals surface area contributed by atoms with Crippen LogP contribution in [0.3, 0.4) is 0 Å². The van der Waals surface area contributed by atoms with Crippen LogP contribution in [-0.2, 0) is 0 Å². The van der Waals surface area contributed by atoms with Gasteiger partial charge in [0, 0.05) is 16.6 Å². The summed E-state index contributed by atoms with van der Waals surface area (Å²) in [6, 6.07) is 20.0. The number of rotatable bonds is 4. The van der Waals surface area contributed by atoms with E-state index in [1.807, 2.05) is 67.6 Å². The van der Waals surface area contributed by atoms with Crippen molar-refractivity contribution in [2.24, 2.45) is 5.10 Å². The molecule has 4 nitrogen and oxygen atoms in total. The summed E-state index contributed by atoms with van der Waals surface area (Å²) in [4.78, 5) is 0. The van der Waals surface area contributed by atoms with Crippen molar-refractivity contribution in [3.63, 3.8) is 0 Å². The van der Waals surface area contributed by atoms with Gasteiger partial charge in [0.2, 0.25) is 0 Å². The first kappa shape index (κ1) is 16.9. The van der Waals surface area contributed by atoms with Crippen LogP contribution in [0.5, 0.6) is 5.75 Å². The molecule has 2 N–H and O–H groups in total. The summed E-state index contributed by atoms with van der Waals surface area (Å²) in [6.07, 6.45) is 1.75. The average molecular weight is 349 g/mol. The molecule has 3 aromatic rings. The van der Waals surface area contributed by atoms with Gasteiger partial charge in [0.1, 0.15) is 5.75 Å². The molecule has 3 aromatic carbocycles. The number of nitrogens with one attached hydrogen (secondary N) is 2. The molecular formula is C20H19N3OS. The molecule has 3 rings (SSSR count). The van der Waals surface area contributed by atoms with E-state index < -0.39 is 0 Å². The molecule has 5 heteroatoms. The Hall–Kier alpha value is -2.92. The van der Waals surface area contributed by atoms with Crippen molar-refractivity contribution in [1.29, 1.82) is 0 Å². The molecule has 0 atom stereocenters. The van der Waals surface area contributed by atoms with Crippen LogP contribution in [0.1, 0.15) is 11.1 Å². The van der Waals surface area contributed by atoms with E-state index in [4.69, 9.17) is 17.0 Å². The summed E-state index contributed by atoms with van der Waals surface area (Å²) in [5.74, 6) is 0.845. The van der Waals surface area contributed by atoms with Gasteiger partial charge in [0.05, 0.1) is 13.3 Å². The number of hydrogen-bond donors (Lipinski definition) is 2. The highest BCUT2D eigenvalue weighted by atomic mass is 32.1. The smallest absolute Gasteiger partial charge is 0.191 e. The van der Waals surface area contributed by atoms with Crippen LogP contribution in [0, 0.1) is 6.92 Å². The minimum Gasteiger partial charge on any atom is -0.496 e. The molecule has 25 heavy (non-hydrogen) atoms. The van der Waals surface area contributed by atoms with E-state index in [0.717, 1.165) is 27.8 Å². The van der Waals surface area contributed by atoms with Crippen molar-refractivity contribution in [1.82, 2.24) is 5.43 Å². The van der Waals surface area contributed by atoms with Crippen LogP contribution in [0.15, 0.2) is 65.8 Å². The van der Waals surface area contributed by atoms with E-state index >= 15 is 0 Å². The summed E-state index contributed by atoms with van der Waals surface area (Å²) in [6.45, 7) is 2.05. The van der Waals surface area contributed by atoms with Crippen LogP contribution in [0.25, 0.3) is 10.8 Å². The first-order valence-electron chi connectivity index (χ1n) is 7.90. The second-order valence-electron chi connectivity index (χ2n) is 5.59. The summed E-state index contributed by atoms with van der Waals surface area (Å²) < 4.78 is 5.41. The maximum atomic E-state index is 5.41. The Morgan fingerprint density at radius 3 is 2.44 bits per heavy atom. The van der Waals surface area contributed by atoms with Crippen LogP contribution >= 0.6 is 12.2 Å². The third kappa shape index (κ3) is 4.14. The number of nitrogens with zero attached hydrogens (tertiary/aromatic N) is 1. The largest absolute Gasteiger partial charge is 0.496 e. The molecular weight excluding hydrogens is 330 g/mol. The molecule has 0 spiro atoms. The molecule has 0 amide bonds. The minimum atomic E-state index is 0.443. The number of hydrogen-bond acceptors (Lipinski definition) is 3. The molecule has 0 bridgehead atoms. The van der Waals surface area contributed by atoms with Gasteiger partial charge >= 0.3 is 0 Å². The molecule has 0 aliphatic rings. The van der Waals surface area contributed by atoms with Crippen molar-refractivity contribution < 1.29 is 4.74 Å². The van der Waals surface area contributed by atoms with E-state index in [-0.39, 0.29) is 0 Å².